The molecule has 0 bridgehead atoms. The number of esters is 2. The molecule has 2 aromatic rings. The highest BCUT2D eigenvalue weighted by Gasteiger charge is 2.66. The van der Waals surface area contributed by atoms with Crippen LogP contribution in [0.25, 0.3) is 0 Å². The highest BCUT2D eigenvalue weighted by Crippen LogP contribution is 2.47. The maximum atomic E-state index is 13.5. The van der Waals surface area contributed by atoms with Crippen LogP contribution in [-0.4, -0.2) is 75.4 Å². The van der Waals surface area contributed by atoms with Gasteiger partial charge in [-0.1, -0.05) is 24.3 Å². The van der Waals surface area contributed by atoms with Gasteiger partial charge in [-0.05, 0) is 36.8 Å². The van der Waals surface area contributed by atoms with Crippen LogP contribution in [0.4, 0.5) is 0 Å². The maximum Gasteiger partial charge on any atom is 0.333 e. The quantitative estimate of drug-likeness (QED) is 0.318. The first kappa shape index (κ1) is 24.8. The highest BCUT2D eigenvalue weighted by atomic mass is 32.2. The SMILES string of the molecule is COc1ccc(COC(=O)[C@@H]2N3C(=O)[C@@H](N4C(=O)c5ccccc5C4=O)[C@H]3SC[C@@]2(C)OC(C)=O)cc1. The normalized spacial score (nSPS) is 26.2. The van der Waals surface area contributed by atoms with E-state index in [-0.39, 0.29) is 23.5 Å². The Labute approximate surface area is 216 Å². The molecule has 3 aliphatic heterocycles. The Morgan fingerprint density at radius 1 is 1.03 bits per heavy atom. The van der Waals surface area contributed by atoms with Gasteiger partial charge in [0.15, 0.2) is 6.04 Å². The number of rotatable bonds is 6. The zero-order valence-electron chi connectivity index (χ0n) is 20.3. The third-order valence-corrected chi connectivity index (χ3v) is 8.26. The molecule has 2 aromatic carbocycles. The monoisotopic (exact) mass is 524 g/mol. The molecule has 0 saturated carbocycles. The molecule has 5 rings (SSSR count). The Bertz CT molecular complexity index is 1280. The van der Waals surface area contributed by atoms with E-state index in [1.54, 1.807) is 62.6 Å². The Morgan fingerprint density at radius 3 is 2.22 bits per heavy atom. The van der Waals surface area contributed by atoms with E-state index in [0.717, 1.165) is 4.90 Å². The molecule has 2 fully saturated rings. The number of carbonyl (C=O) groups excluding carboxylic acids is 5. The van der Waals surface area contributed by atoms with Crippen LogP contribution in [-0.2, 0) is 30.5 Å². The number of methoxy groups -OCH3 is 1. The maximum absolute atomic E-state index is 13.5. The fraction of sp³-hybridized carbons (Fsp3) is 0.346. The molecule has 11 heteroatoms. The van der Waals surface area contributed by atoms with Crippen molar-refractivity contribution in [2.45, 2.75) is 43.5 Å². The van der Waals surface area contributed by atoms with Gasteiger partial charge in [0.05, 0.1) is 18.2 Å². The molecule has 0 N–H and O–H groups in total. The first-order valence-electron chi connectivity index (χ1n) is 11.6. The highest BCUT2D eigenvalue weighted by molar-refractivity contribution is 8.00. The first-order chi connectivity index (χ1) is 17.7. The van der Waals surface area contributed by atoms with E-state index in [0.29, 0.717) is 11.3 Å². The van der Waals surface area contributed by atoms with Gasteiger partial charge in [-0.3, -0.25) is 24.1 Å². The van der Waals surface area contributed by atoms with Gasteiger partial charge in [0.1, 0.15) is 29.4 Å². The van der Waals surface area contributed by atoms with Crippen molar-refractivity contribution < 1.29 is 38.2 Å². The lowest BCUT2D eigenvalue weighted by atomic mass is 9.90. The minimum atomic E-state index is -1.37. The minimum Gasteiger partial charge on any atom is -0.497 e. The predicted molar refractivity (Wildman–Crippen MR) is 131 cm³/mol. The number of imide groups is 1. The second-order valence-corrected chi connectivity index (χ2v) is 10.3. The molecule has 0 radical (unpaired) electrons. The average Bonchev–Trinajstić information content (AvgIpc) is 3.12. The largest absolute Gasteiger partial charge is 0.497 e. The summed E-state index contributed by atoms with van der Waals surface area (Å²) in [6.07, 6.45) is 0. The standard InChI is InChI=1S/C26H24N2O8S/c1-14(29)36-26(2)13-37-24-19(27-21(30)17-6-4-5-7-18(17)22(27)31)23(32)28(24)20(26)25(33)35-12-15-8-10-16(34-3)11-9-15/h4-11,19-20,24H,12-13H2,1-3H3/t19-,20+,24-,26-/m1/s1. The van der Waals surface area contributed by atoms with E-state index < -0.39 is 52.7 Å². The van der Waals surface area contributed by atoms with Crippen LogP contribution in [0.15, 0.2) is 48.5 Å². The minimum absolute atomic E-state index is 0.0723. The lowest BCUT2D eigenvalue weighted by Crippen LogP contribution is -2.79. The summed E-state index contributed by atoms with van der Waals surface area (Å²) >= 11 is 1.24. The Kier molecular flexibility index (Phi) is 6.18. The van der Waals surface area contributed by atoms with Gasteiger partial charge in [0, 0.05) is 12.7 Å². The van der Waals surface area contributed by atoms with Crippen molar-refractivity contribution in [3.63, 3.8) is 0 Å². The van der Waals surface area contributed by atoms with Crippen molar-refractivity contribution in [1.29, 1.82) is 0 Å². The van der Waals surface area contributed by atoms with Crippen LogP contribution in [0, 0.1) is 0 Å². The molecule has 0 aliphatic carbocycles. The molecule has 10 nitrogen and oxygen atoms in total. The number of β-lactam (4-membered cyclic amide) rings is 1. The number of hydrogen-bond donors (Lipinski definition) is 0. The topological polar surface area (TPSA) is 120 Å². The van der Waals surface area contributed by atoms with E-state index >= 15 is 0 Å². The number of hydrogen-bond acceptors (Lipinski definition) is 9. The van der Waals surface area contributed by atoms with E-state index in [2.05, 4.69) is 0 Å². The zero-order chi connectivity index (χ0) is 26.5. The van der Waals surface area contributed by atoms with Gasteiger partial charge in [0.25, 0.3) is 17.7 Å². The summed E-state index contributed by atoms with van der Waals surface area (Å²) in [6.45, 7) is 2.72. The van der Waals surface area contributed by atoms with E-state index in [1.807, 2.05) is 0 Å². The van der Waals surface area contributed by atoms with E-state index in [9.17, 15) is 24.0 Å². The summed E-state index contributed by atoms with van der Waals surface area (Å²) in [5.41, 5.74) is -0.199. The molecular weight excluding hydrogens is 500 g/mol. The van der Waals surface area contributed by atoms with Crippen molar-refractivity contribution in [2.24, 2.45) is 0 Å². The molecule has 3 aliphatic rings. The smallest absolute Gasteiger partial charge is 0.333 e. The molecular formula is C26H24N2O8S. The number of benzene rings is 2. The third kappa shape index (κ3) is 4.03. The van der Waals surface area contributed by atoms with Crippen LogP contribution in [0.2, 0.25) is 0 Å². The van der Waals surface area contributed by atoms with E-state index in [1.165, 1.54) is 23.6 Å². The molecule has 0 aromatic heterocycles. The number of thioether (sulfide) groups is 1. The van der Waals surface area contributed by atoms with Crippen molar-refractivity contribution in [2.75, 3.05) is 12.9 Å². The van der Waals surface area contributed by atoms with Crippen molar-refractivity contribution in [1.82, 2.24) is 9.80 Å². The van der Waals surface area contributed by atoms with Crippen LogP contribution in [0.5, 0.6) is 5.75 Å². The van der Waals surface area contributed by atoms with Crippen LogP contribution >= 0.6 is 11.8 Å². The number of ether oxygens (including phenoxy) is 3. The first-order valence-corrected chi connectivity index (χ1v) is 12.6. The van der Waals surface area contributed by atoms with Gasteiger partial charge >= 0.3 is 11.9 Å². The summed E-state index contributed by atoms with van der Waals surface area (Å²) < 4.78 is 16.2. The number of fused-ring (bicyclic) bond motifs is 2. The van der Waals surface area contributed by atoms with Gasteiger partial charge in [-0.25, -0.2) is 4.79 Å². The van der Waals surface area contributed by atoms with Crippen molar-refractivity contribution in [3.05, 3.63) is 65.2 Å². The lowest BCUT2D eigenvalue weighted by molar-refractivity contribution is -0.189. The predicted octanol–water partition coefficient (Wildman–Crippen LogP) is 2.01. The molecule has 4 atom stereocenters. The second kappa shape index (κ2) is 9.22. The number of nitrogens with zero attached hydrogens (tertiary/aromatic N) is 2. The van der Waals surface area contributed by atoms with E-state index in [4.69, 9.17) is 14.2 Å². The summed E-state index contributed by atoms with van der Waals surface area (Å²) in [6, 6.07) is 11.0. The van der Waals surface area contributed by atoms with Gasteiger partial charge in [-0.2, -0.15) is 0 Å². The van der Waals surface area contributed by atoms with Crippen LogP contribution in [0.3, 0.4) is 0 Å². The molecule has 3 heterocycles. The van der Waals surface area contributed by atoms with Gasteiger partial charge in [0.2, 0.25) is 0 Å². The summed E-state index contributed by atoms with van der Waals surface area (Å²) in [5.74, 6) is -2.24. The molecule has 0 unspecified atom stereocenters. The van der Waals surface area contributed by atoms with Gasteiger partial charge < -0.3 is 19.1 Å². The Morgan fingerprint density at radius 2 is 1.65 bits per heavy atom. The Hall–Kier alpha value is -3.86. The molecule has 3 amide bonds. The fourth-order valence-corrected chi connectivity index (χ4v) is 6.49. The summed E-state index contributed by atoms with van der Waals surface area (Å²) in [7, 11) is 1.54. The average molecular weight is 525 g/mol. The second-order valence-electron chi connectivity index (χ2n) is 9.18. The zero-order valence-corrected chi connectivity index (χ0v) is 21.2. The number of amides is 3. The third-order valence-electron chi connectivity index (χ3n) is 6.69. The molecule has 2 saturated heterocycles. The van der Waals surface area contributed by atoms with Gasteiger partial charge in [-0.15, -0.1) is 11.8 Å². The fourth-order valence-electron chi connectivity index (χ4n) is 4.97. The number of carbonyl (C=O) groups is 5. The van der Waals surface area contributed by atoms with Crippen molar-refractivity contribution >= 4 is 41.4 Å². The molecule has 0 spiro atoms. The lowest BCUT2D eigenvalue weighted by Gasteiger charge is -2.58. The molecule has 37 heavy (non-hydrogen) atoms. The Balaban J connectivity index is 1.39. The van der Waals surface area contributed by atoms with Crippen LogP contribution in [0.1, 0.15) is 40.1 Å². The summed E-state index contributed by atoms with van der Waals surface area (Å²) in [5, 5.41) is -0.683. The molecule has 192 valence electrons. The van der Waals surface area contributed by atoms with Crippen LogP contribution < -0.4 is 4.74 Å². The summed E-state index contributed by atoms with van der Waals surface area (Å²) in [4.78, 5) is 67.0. The van der Waals surface area contributed by atoms with Crippen molar-refractivity contribution in [3.8, 4) is 5.75 Å².